The summed E-state index contributed by atoms with van der Waals surface area (Å²) in [5.74, 6) is 0.706. The maximum atomic E-state index is 5.70. The van der Waals surface area contributed by atoms with Crippen LogP contribution in [-0.2, 0) is 13.0 Å². The Morgan fingerprint density at radius 2 is 1.82 bits per heavy atom. The van der Waals surface area contributed by atoms with E-state index in [2.05, 4.69) is 52.2 Å². The van der Waals surface area contributed by atoms with E-state index in [9.17, 15) is 0 Å². The van der Waals surface area contributed by atoms with Crippen LogP contribution in [0.25, 0.3) is 11.5 Å². The number of aromatic nitrogens is 1. The van der Waals surface area contributed by atoms with Gasteiger partial charge in [0.05, 0.1) is 5.69 Å². The molecule has 0 spiro atoms. The lowest BCUT2D eigenvalue weighted by molar-refractivity contribution is 0.112. The zero-order valence-corrected chi connectivity index (χ0v) is 16.6. The lowest BCUT2D eigenvalue weighted by Gasteiger charge is -2.37. The van der Waals surface area contributed by atoms with Crippen molar-refractivity contribution >= 4 is 0 Å². The summed E-state index contributed by atoms with van der Waals surface area (Å²) in [4.78, 5) is 9.73. The van der Waals surface area contributed by atoms with E-state index in [0.29, 0.717) is 11.9 Å². The van der Waals surface area contributed by atoms with Crippen molar-refractivity contribution in [3.8, 4) is 11.5 Å². The van der Waals surface area contributed by atoms with Crippen LogP contribution >= 0.6 is 0 Å². The number of nitrogens with zero attached hydrogens (tertiary/aromatic N) is 3. The molecule has 4 nitrogen and oxygen atoms in total. The third kappa shape index (κ3) is 4.89. The van der Waals surface area contributed by atoms with E-state index in [0.717, 1.165) is 37.3 Å². The Kier molecular flexibility index (Phi) is 6.20. The molecule has 0 amide bonds. The first-order valence-electron chi connectivity index (χ1n) is 10.2. The van der Waals surface area contributed by atoms with E-state index in [-0.39, 0.29) is 0 Å². The summed E-state index contributed by atoms with van der Waals surface area (Å²) in [5, 5.41) is 0. The van der Waals surface area contributed by atoms with Crippen molar-refractivity contribution in [1.82, 2.24) is 14.8 Å². The summed E-state index contributed by atoms with van der Waals surface area (Å²) in [5.41, 5.74) is 3.46. The molecule has 146 valence electrons. The Morgan fingerprint density at radius 3 is 2.61 bits per heavy atom. The van der Waals surface area contributed by atoms with E-state index in [1.54, 1.807) is 6.26 Å². The van der Waals surface area contributed by atoms with Crippen LogP contribution in [0.2, 0.25) is 0 Å². The highest BCUT2D eigenvalue weighted by atomic mass is 16.3. The van der Waals surface area contributed by atoms with Gasteiger partial charge in [-0.15, -0.1) is 0 Å². The molecule has 1 unspecified atom stereocenters. The quantitative estimate of drug-likeness (QED) is 0.609. The Bertz CT molecular complexity index is 847. The molecule has 3 aromatic rings. The lowest BCUT2D eigenvalue weighted by atomic mass is 10.0. The molecule has 28 heavy (non-hydrogen) atoms. The molecule has 0 N–H and O–H groups in total. The Morgan fingerprint density at radius 1 is 1.07 bits per heavy atom. The van der Waals surface area contributed by atoms with Gasteiger partial charge in [0.25, 0.3) is 0 Å². The van der Waals surface area contributed by atoms with E-state index >= 15 is 0 Å². The number of benzene rings is 2. The summed E-state index contributed by atoms with van der Waals surface area (Å²) in [6, 6.07) is 21.5. The summed E-state index contributed by atoms with van der Waals surface area (Å²) in [6.45, 7) is 4.30. The van der Waals surface area contributed by atoms with E-state index < -0.39 is 0 Å². The van der Waals surface area contributed by atoms with Crippen LogP contribution in [0.15, 0.2) is 71.3 Å². The molecule has 2 heterocycles. The van der Waals surface area contributed by atoms with Gasteiger partial charge in [-0.2, -0.15) is 0 Å². The average Bonchev–Trinajstić information content (AvgIpc) is 3.22. The van der Waals surface area contributed by atoms with Gasteiger partial charge in [0, 0.05) is 31.2 Å². The lowest BCUT2D eigenvalue weighted by Crippen LogP contribution is -2.46. The normalized spacial score (nSPS) is 17.9. The Balaban J connectivity index is 1.30. The number of likely N-dealkylation sites (tertiary alicyclic amines) is 1. The fraction of sp³-hybridized carbons (Fsp3) is 0.375. The Labute approximate surface area is 167 Å². The minimum Gasteiger partial charge on any atom is -0.444 e. The fourth-order valence-corrected chi connectivity index (χ4v) is 4.00. The van der Waals surface area contributed by atoms with E-state index in [4.69, 9.17) is 4.42 Å². The van der Waals surface area contributed by atoms with Gasteiger partial charge in [-0.1, -0.05) is 48.5 Å². The van der Waals surface area contributed by atoms with Crippen molar-refractivity contribution in [1.29, 1.82) is 0 Å². The number of rotatable bonds is 7. The second-order valence-corrected chi connectivity index (χ2v) is 7.76. The highest BCUT2D eigenvalue weighted by Crippen LogP contribution is 2.21. The summed E-state index contributed by atoms with van der Waals surface area (Å²) in [6.07, 6.45) is 5.44. The van der Waals surface area contributed by atoms with Crippen molar-refractivity contribution in [3.05, 3.63) is 78.2 Å². The van der Waals surface area contributed by atoms with Gasteiger partial charge in [-0.25, -0.2) is 4.98 Å². The van der Waals surface area contributed by atoms with E-state index in [1.807, 2.05) is 30.3 Å². The second kappa shape index (κ2) is 9.18. The Hall–Kier alpha value is -2.43. The molecule has 1 atom stereocenters. The fourth-order valence-electron chi connectivity index (χ4n) is 4.00. The molecule has 4 rings (SSSR count). The molecule has 0 radical (unpaired) electrons. The molecule has 2 aromatic carbocycles. The minimum absolute atomic E-state index is 0.571. The standard InChI is InChI=1S/C24H29N3O/c1-26(17-22-19-28-24(25-22)21-11-6-3-7-12-21)23-13-8-15-27(18-23)16-14-20-9-4-2-5-10-20/h2-7,9-12,19,23H,8,13-18H2,1H3. The highest BCUT2D eigenvalue weighted by Gasteiger charge is 2.23. The van der Waals surface area contributed by atoms with Crippen molar-refractivity contribution in [2.75, 3.05) is 26.7 Å². The SMILES string of the molecule is CN(Cc1coc(-c2ccccc2)n1)C1CCCN(CCc2ccccc2)C1. The van der Waals surface area contributed by atoms with Crippen LogP contribution in [0.4, 0.5) is 0 Å². The molecule has 1 aliphatic heterocycles. The third-order valence-corrected chi connectivity index (χ3v) is 5.65. The zero-order chi connectivity index (χ0) is 19.2. The second-order valence-electron chi connectivity index (χ2n) is 7.76. The molecule has 1 saturated heterocycles. The topological polar surface area (TPSA) is 32.5 Å². The first-order chi connectivity index (χ1) is 13.8. The summed E-state index contributed by atoms with van der Waals surface area (Å²) in [7, 11) is 2.21. The van der Waals surface area contributed by atoms with Crippen LogP contribution in [0.3, 0.4) is 0 Å². The number of likely N-dealkylation sites (N-methyl/N-ethyl adjacent to an activating group) is 1. The van der Waals surface area contributed by atoms with Crippen LogP contribution in [0, 0.1) is 0 Å². The van der Waals surface area contributed by atoms with Gasteiger partial charge < -0.3 is 9.32 Å². The highest BCUT2D eigenvalue weighted by molar-refractivity contribution is 5.52. The van der Waals surface area contributed by atoms with E-state index in [1.165, 1.54) is 24.9 Å². The van der Waals surface area contributed by atoms with Crippen LogP contribution < -0.4 is 0 Å². The zero-order valence-electron chi connectivity index (χ0n) is 16.6. The molecule has 4 heteroatoms. The third-order valence-electron chi connectivity index (χ3n) is 5.65. The van der Waals surface area contributed by atoms with Crippen LogP contribution in [-0.4, -0.2) is 47.5 Å². The average molecular weight is 376 g/mol. The molecule has 1 fully saturated rings. The maximum Gasteiger partial charge on any atom is 0.226 e. The first-order valence-corrected chi connectivity index (χ1v) is 10.2. The van der Waals surface area contributed by atoms with Crippen LogP contribution in [0.5, 0.6) is 0 Å². The van der Waals surface area contributed by atoms with Gasteiger partial charge in [-0.05, 0) is 50.6 Å². The predicted octanol–water partition coefficient (Wildman–Crippen LogP) is 4.48. The van der Waals surface area contributed by atoms with Crippen molar-refractivity contribution in [2.24, 2.45) is 0 Å². The van der Waals surface area contributed by atoms with Gasteiger partial charge in [0.2, 0.25) is 5.89 Å². The minimum atomic E-state index is 0.571. The number of hydrogen-bond donors (Lipinski definition) is 0. The van der Waals surface area contributed by atoms with Crippen molar-refractivity contribution in [3.63, 3.8) is 0 Å². The number of oxazole rings is 1. The van der Waals surface area contributed by atoms with Gasteiger partial charge in [-0.3, -0.25) is 4.90 Å². The molecule has 0 aliphatic carbocycles. The van der Waals surface area contributed by atoms with Crippen molar-refractivity contribution < 1.29 is 4.42 Å². The maximum absolute atomic E-state index is 5.70. The van der Waals surface area contributed by atoms with Gasteiger partial charge in [0.1, 0.15) is 6.26 Å². The summed E-state index contributed by atoms with van der Waals surface area (Å²) < 4.78 is 5.70. The smallest absolute Gasteiger partial charge is 0.226 e. The molecule has 1 aromatic heterocycles. The van der Waals surface area contributed by atoms with Crippen LogP contribution in [0.1, 0.15) is 24.1 Å². The molecule has 1 aliphatic rings. The largest absolute Gasteiger partial charge is 0.444 e. The predicted molar refractivity (Wildman–Crippen MR) is 113 cm³/mol. The monoisotopic (exact) mass is 375 g/mol. The number of piperidine rings is 1. The van der Waals surface area contributed by atoms with Crippen molar-refractivity contribution in [2.45, 2.75) is 31.8 Å². The number of hydrogen-bond acceptors (Lipinski definition) is 4. The molecular formula is C24H29N3O. The van der Waals surface area contributed by atoms with Gasteiger partial charge >= 0.3 is 0 Å². The molecular weight excluding hydrogens is 346 g/mol. The molecule has 0 bridgehead atoms. The van der Waals surface area contributed by atoms with Gasteiger partial charge in [0.15, 0.2) is 0 Å². The summed E-state index contributed by atoms with van der Waals surface area (Å²) >= 11 is 0. The molecule has 0 saturated carbocycles. The first kappa shape index (κ1) is 18.9.